The summed E-state index contributed by atoms with van der Waals surface area (Å²) in [7, 11) is -4.17. The van der Waals surface area contributed by atoms with Crippen molar-refractivity contribution < 1.29 is 31.1 Å². The third-order valence-corrected chi connectivity index (χ3v) is 5.83. The molecular weight excluding hydrogens is 361 g/mol. The van der Waals surface area contributed by atoms with E-state index >= 15 is 0 Å². The Balaban J connectivity index is 1.88. The molecule has 138 valence electrons. The molecule has 1 heterocycles. The number of rotatable bonds is 5. The SMILES string of the molecule is COc1ccc(S(=O)(=O)C(F)(F)F)cc1NC1CCN(C2CC2)C1=O. The van der Waals surface area contributed by atoms with Crippen LogP contribution in [-0.2, 0) is 14.6 Å². The van der Waals surface area contributed by atoms with Crippen molar-refractivity contribution in [2.45, 2.75) is 41.7 Å². The average Bonchev–Trinajstić information content (AvgIpc) is 3.32. The number of nitrogens with one attached hydrogen (secondary N) is 1. The van der Waals surface area contributed by atoms with Gasteiger partial charge in [-0.25, -0.2) is 8.42 Å². The number of carbonyl (C=O) groups excluding carboxylic acids is 1. The van der Waals surface area contributed by atoms with Crippen LogP contribution < -0.4 is 10.1 Å². The molecule has 25 heavy (non-hydrogen) atoms. The molecule has 1 saturated carbocycles. The van der Waals surface area contributed by atoms with Crippen molar-refractivity contribution in [1.82, 2.24) is 4.90 Å². The number of amides is 1. The number of carbonyl (C=O) groups is 1. The third-order valence-electron chi connectivity index (χ3n) is 4.34. The van der Waals surface area contributed by atoms with Crippen LogP contribution in [0.3, 0.4) is 0 Å². The summed E-state index contributed by atoms with van der Waals surface area (Å²) in [5.41, 5.74) is -5.35. The van der Waals surface area contributed by atoms with Crippen LogP contribution in [0.15, 0.2) is 23.1 Å². The van der Waals surface area contributed by atoms with Crippen LogP contribution in [0.1, 0.15) is 19.3 Å². The molecule has 0 bridgehead atoms. The number of hydrogen-bond acceptors (Lipinski definition) is 5. The molecule has 6 nitrogen and oxygen atoms in total. The lowest BCUT2D eigenvalue weighted by Gasteiger charge is -2.19. The van der Waals surface area contributed by atoms with Gasteiger partial charge in [0.1, 0.15) is 11.8 Å². The number of anilines is 1. The summed E-state index contributed by atoms with van der Waals surface area (Å²) in [6, 6.07) is 2.46. The zero-order valence-electron chi connectivity index (χ0n) is 13.3. The van der Waals surface area contributed by atoms with Crippen LogP contribution >= 0.6 is 0 Å². The van der Waals surface area contributed by atoms with Crippen molar-refractivity contribution in [2.75, 3.05) is 19.0 Å². The van der Waals surface area contributed by atoms with Crippen molar-refractivity contribution in [3.63, 3.8) is 0 Å². The number of halogens is 3. The van der Waals surface area contributed by atoms with Crippen LogP contribution in [0.2, 0.25) is 0 Å². The van der Waals surface area contributed by atoms with Crippen molar-refractivity contribution in [3.05, 3.63) is 18.2 Å². The van der Waals surface area contributed by atoms with Crippen molar-refractivity contribution in [3.8, 4) is 5.75 Å². The van der Waals surface area contributed by atoms with Crippen LogP contribution in [0.25, 0.3) is 0 Å². The Kier molecular flexibility index (Phi) is 4.34. The highest BCUT2D eigenvalue weighted by Crippen LogP contribution is 2.36. The zero-order valence-corrected chi connectivity index (χ0v) is 14.2. The molecule has 1 amide bonds. The predicted molar refractivity (Wildman–Crippen MR) is 83.0 cm³/mol. The van der Waals surface area contributed by atoms with E-state index in [1.165, 1.54) is 7.11 Å². The largest absolute Gasteiger partial charge is 0.501 e. The van der Waals surface area contributed by atoms with Gasteiger partial charge in [0.15, 0.2) is 0 Å². The second-order valence-corrected chi connectivity index (χ2v) is 8.00. The molecule has 0 radical (unpaired) electrons. The molecule has 3 rings (SSSR count). The van der Waals surface area contributed by atoms with Gasteiger partial charge in [0, 0.05) is 12.6 Å². The molecule has 2 aliphatic rings. The minimum atomic E-state index is -5.48. The summed E-state index contributed by atoms with van der Waals surface area (Å²) in [6.07, 6.45) is 2.41. The Morgan fingerprint density at radius 1 is 1.24 bits per heavy atom. The molecular formula is C15H17F3N2O4S. The number of benzene rings is 1. The highest BCUT2D eigenvalue weighted by molar-refractivity contribution is 7.92. The van der Waals surface area contributed by atoms with E-state index in [0.717, 1.165) is 31.0 Å². The van der Waals surface area contributed by atoms with Crippen LogP contribution in [-0.4, -0.2) is 50.5 Å². The fourth-order valence-electron chi connectivity index (χ4n) is 2.87. The van der Waals surface area contributed by atoms with Gasteiger partial charge in [0.05, 0.1) is 17.7 Å². The highest BCUT2D eigenvalue weighted by Gasteiger charge is 2.47. The van der Waals surface area contributed by atoms with E-state index in [1.54, 1.807) is 4.90 Å². The monoisotopic (exact) mass is 378 g/mol. The maximum Gasteiger partial charge on any atom is 0.501 e. The quantitative estimate of drug-likeness (QED) is 0.850. The van der Waals surface area contributed by atoms with E-state index in [2.05, 4.69) is 5.32 Å². The second-order valence-electron chi connectivity index (χ2n) is 6.06. The topological polar surface area (TPSA) is 75.7 Å². The maximum absolute atomic E-state index is 12.7. The number of hydrogen-bond donors (Lipinski definition) is 1. The fraction of sp³-hybridized carbons (Fsp3) is 0.533. The minimum absolute atomic E-state index is 0.0452. The Morgan fingerprint density at radius 2 is 1.92 bits per heavy atom. The lowest BCUT2D eigenvalue weighted by molar-refractivity contribution is -0.128. The molecule has 1 N–H and O–H groups in total. The first-order valence-corrected chi connectivity index (χ1v) is 9.20. The predicted octanol–water partition coefficient (Wildman–Crippen LogP) is 2.16. The summed E-state index contributed by atoms with van der Waals surface area (Å²) in [5.74, 6) is 0.0347. The van der Waals surface area contributed by atoms with Gasteiger partial charge in [0.25, 0.3) is 9.84 Å². The molecule has 1 saturated heterocycles. The number of ether oxygens (including phenoxy) is 1. The van der Waals surface area contributed by atoms with E-state index in [1.807, 2.05) is 0 Å². The Labute approximate surface area is 142 Å². The third kappa shape index (κ3) is 3.26. The van der Waals surface area contributed by atoms with E-state index in [-0.39, 0.29) is 23.4 Å². The van der Waals surface area contributed by atoms with Gasteiger partial charge in [-0.1, -0.05) is 0 Å². The summed E-state index contributed by atoms with van der Waals surface area (Å²) in [4.78, 5) is 13.2. The summed E-state index contributed by atoms with van der Waals surface area (Å²) < 4.78 is 66.5. The maximum atomic E-state index is 12.7. The van der Waals surface area contributed by atoms with E-state index < -0.39 is 26.3 Å². The molecule has 1 atom stereocenters. The molecule has 10 heteroatoms. The standard InChI is InChI=1S/C15H17F3N2O4S/c1-24-13-5-4-10(25(22,23)15(16,17)18)8-12(13)19-11-6-7-20(14(11)21)9-2-3-9/h4-5,8-9,11,19H,2-3,6-7H2,1H3. The van der Waals surface area contributed by atoms with E-state index in [0.29, 0.717) is 13.0 Å². The second kappa shape index (κ2) is 6.08. The van der Waals surface area contributed by atoms with Gasteiger partial charge in [-0.3, -0.25) is 4.79 Å². The van der Waals surface area contributed by atoms with Crippen LogP contribution in [0.4, 0.5) is 18.9 Å². The number of likely N-dealkylation sites (tertiary alicyclic amines) is 1. The first kappa shape index (κ1) is 17.8. The smallest absolute Gasteiger partial charge is 0.495 e. The Hall–Kier alpha value is -1.97. The summed E-state index contributed by atoms with van der Waals surface area (Å²) in [6.45, 7) is 0.573. The van der Waals surface area contributed by atoms with Crippen molar-refractivity contribution in [1.29, 1.82) is 0 Å². The van der Waals surface area contributed by atoms with Gasteiger partial charge in [0.2, 0.25) is 5.91 Å². The van der Waals surface area contributed by atoms with Gasteiger partial charge in [-0.15, -0.1) is 0 Å². The molecule has 1 aromatic carbocycles. The molecule has 0 aromatic heterocycles. The van der Waals surface area contributed by atoms with E-state index in [4.69, 9.17) is 4.74 Å². The summed E-state index contributed by atoms with van der Waals surface area (Å²) >= 11 is 0. The number of methoxy groups -OCH3 is 1. The van der Waals surface area contributed by atoms with Gasteiger partial charge >= 0.3 is 5.51 Å². The van der Waals surface area contributed by atoms with Crippen molar-refractivity contribution in [2.24, 2.45) is 0 Å². The number of alkyl halides is 3. The fourth-order valence-corrected chi connectivity index (χ4v) is 3.66. The van der Waals surface area contributed by atoms with Gasteiger partial charge < -0.3 is 15.0 Å². The molecule has 0 spiro atoms. The minimum Gasteiger partial charge on any atom is -0.495 e. The lowest BCUT2D eigenvalue weighted by Crippen LogP contribution is -2.34. The normalized spacial score (nSPS) is 21.5. The number of nitrogens with zero attached hydrogens (tertiary/aromatic N) is 1. The molecule has 1 aromatic rings. The average molecular weight is 378 g/mol. The van der Waals surface area contributed by atoms with Gasteiger partial charge in [-0.2, -0.15) is 13.2 Å². The molecule has 1 aliphatic carbocycles. The van der Waals surface area contributed by atoms with E-state index in [9.17, 15) is 26.4 Å². The Morgan fingerprint density at radius 3 is 2.48 bits per heavy atom. The zero-order chi connectivity index (χ0) is 18.4. The molecule has 1 unspecified atom stereocenters. The molecule has 2 fully saturated rings. The van der Waals surface area contributed by atoms with Crippen molar-refractivity contribution >= 4 is 21.4 Å². The van der Waals surface area contributed by atoms with Gasteiger partial charge in [-0.05, 0) is 37.5 Å². The summed E-state index contributed by atoms with van der Waals surface area (Å²) in [5, 5.41) is 2.84. The van der Waals surface area contributed by atoms with Crippen LogP contribution in [0, 0.1) is 0 Å². The highest BCUT2D eigenvalue weighted by atomic mass is 32.2. The first-order valence-electron chi connectivity index (χ1n) is 7.71. The Bertz CT molecular complexity index is 790. The van der Waals surface area contributed by atoms with Crippen LogP contribution in [0.5, 0.6) is 5.75 Å². The lowest BCUT2D eigenvalue weighted by atomic mass is 10.2. The molecule has 1 aliphatic heterocycles. The number of sulfone groups is 1. The first-order chi connectivity index (χ1) is 11.6.